The van der Waals surface area contributed by atoms with Gasteiger partial charge < -0.3 is 10.6 Å². The minimum absolute atomic E-state index is 0.00492. The first-order chi connectivity index (χ1) is 8.62. The van der Waals surface area contributed by atoms with Gasteiger partial charge in [0.2, 0.25) is 0 Å². The van der Waals surface area contributed by atoms with Gasteiger partial charge in [0.15, 0.2) is 0 Å². The molecular weight excluding hydrogens is 224 g/mol. The van der Waals surface area contributed by atoms with Gasteiger partial charge in [-0.05, 0) is 50.5 Å². The van der Waals surface area contributed by atoms with Crippen molar-refractivity contribution in [2.45, 2.75) is 46.6 Å². The Hall–Kier alpha value is -1.51. The van der Waals surface area contributed by atoms with Gasteiger partial charge in [-0.15, -0.1) is 0 Å². The molecule has 0 saturated carbocycles. The molecule has 0 fully saturated rings. The zero-order valence-electron chi connectivity index (χ0n) is 11.8. The van der Waals surface area contributed by atoms with Crippen molar-refractivity contribution in [3.63, 3.8) is 0 Å². The van der Waals surface area contributed by atoms with Gasteiger partial charge >= 0.3 is 0 Å². The van der Waals surface area contributed by atoms with Crippen molar-refractivity contribution in [3.8, 4) is 0 Å². The third-order valence-corrected chi connectivity index (χ3v) is 3.17. The summed E-state index contributed by atoms with van der Waals surface area (Å²) in [5.41, 5.74) is 2.96. The molecule has 3 nitrogen and oxygen atoms in total. The highest BCUT2D eigenvalue weighted by Crippen LogP contribution is 2.19. The number of carbonyl (C=O) groups excluding carboxylic acids is 1. The van der Waals surface area contributed by atoms with Crippen LogP contribution in [-0.4, -0.2) is 18.5 Å². The Labute approximate surface area is 110 Å². The summed E-state index contributed by atoms with van der Waals surface area (Å²) in [6.07, 6.45) is 2.21. The van der Waals surface area contributed by atoms with Crippen molar-refractivity contribution in [2.24, 2.45) is 0 Å². The Morgan fingerprint density at radius 2 is 1.89 bits per heavy atom. The van der Waals surface area contributed by atoms with Crippen molar-refractivity contribution < 1.29 is 4.79 Å². The molecule has 0 saturated heterocycles. The predicted octanol–water partition coefficient (Wildman–Crippen LogP) is 3.35. The molecule has 3 heteroatoms. The van der Waals surface area contributed by atoms with Crippen molar-refractivity contribution in [1.29, 1.82) is 0 Å². The van der Waals surface area contributed by atoms with E-state index < -0.39 is 0 Å². The molecule has 0 aliphatic carbocycles. The number of rotatable bonds is 6. The normalized spacial score (nSPS) is 10.5. The molecule has 0 aliphatic rings. The molecule has 1 aromatic rings. The van der Waals surface area contributed by atoms with Gasteiger partial charge in [0.05, 0.1) is 0 Å². The lowest BCUT2D eigenvalue weighted by Crippen LogP contribution is -2.23. The Bertz CT molecular complexity index is 397. The number of nitrogens with one attached hydrogen (secondary N) is 2. The van der Waals surface area contributed by atoms with E-state index in [-0.39, 0.29) is 5.91 Å². The molecule has 0 heterocycles. The van der Waals surface area contributed by atoms with Gasteiger partial charge in [-0.1, -0.05) is 13.8 Å². The minimum Gasteiger partial charge on any atom is -0.382 e. The fourth-order valence-electron chi connectivity index (χ4n) is 1.94. The molecule has 0 bridgehead atoms. The van der Waals surface area contributed by atoms with E-state index in [0.717, 1.165) is 29.7 Å². The largest absolute Gasteiger partial charge is 0.382 e. The van der Waals surface area contributed by atoms with Crippen LogP contribution in [0.4, 0.5) is 5.69 Å². The van der Waals surface area contributed by atoms with Crippen LogP contribution >= 0.6 is 0 Å². The topological polar surface area (TPSA) is 41.1 Å². The highest BCUT2D eigenvalue weighted by Gasteiger charge is 2.08. The van der Waals surface area contributed by atoms with E-state index in [2.05, 4.69) is 24.5 Å². The molecule has 0 unspecified atom stereocenters. The summed E-state index contributed by atoms with van der Waals surface area (Å²) in [6.45, 7) is 8.98. The van der Waals surface area contributed by atoms with E-state index in [1.54, 1.807) is 0 Å². The molecule has 18 heavy (non-hydrogen) atoms. The first kappa shape index (κ1) is 14.6. The fourth-order valence-corrected chi connectivity index (χ4v) is 1.94. The molecule has 1 rings (SSSR count). The molecular formula is C15H24N2O. The number of hydrogen-bond donors (Lipinski definition) is 2. The summed E-state index contributed by atoms with van der Waals surface area (Å²) in [7, 11) is 0. The molecule has 0 atom stereocenters. The van der Waals surface area contributed by atoms with E-state index in [9.17, 15) is 4.79 Å². The first-order valence-electron chi connectivity index (χ1n) is 6.77. The Kier molecular flexibility index (Phi) is 5.69. The summed E-state index contributed by atoms with van der Waals surface area (Å²) < 4.78 is 0. The van der Waals surface area contributed by atoms with Crippen LogP contribution in [0.5, 0.6) is 0 Å². The second kappa shape index (κ2) is 7.04. The lowest BCUT2D eigenvalue weighted by atomic mass is 10.1. The van der Waals surface area contributed by atoms with E-state index >= 15 is 0 Å². The monoisotopic (exact) mass is 248 g/mol. The maximum atomic E-state index is 11.7. The number of hydrogen-bond acceptors (Lipinski definition) is 2. The van der Waals surface area contributed by atoms with Gasteiger partial charge in [-0.25, -0.2) is 0 Å². The maximum absolute atomic E-state index is 11.7. The quantitative estimate of drug-likeness (QED) is 0.810. The summed E-state index contributed by atoms with van der Waals surface area (Å²) in [5, 5.41) is 6.33. The average Bonchev–Trinajstić information content (AvgIpc) is 2.37. The SMILES string of the molecule is CCNC(=O)c1ccc(NC(CC)CC)c(C)c1. The van der Waals surface area contributed by atoms with Crippen LogP contribution in [0.15, 0.2) is 18.2 Å². The van der Waals surface area contributed by atoms with E-state index in [1.165, 1.54) is 0 Å². The Morgan fingerprint density at radius 1 is 1.22 bits per heavy atom. The van der Waals surface area contributed by atoms with E-state index in [4.69, 9.17) is 0 Å². The first-order valence-corrected chi connectivity index (χ1v) is 6.77. The maximum Gasteiger partial charge on any atom is 0.251 e. The van der Waals surface area contributed by atoms with Crippen LogP contribution in [0.2, 0.25) is 0 Å². The summed E-state index contributed by atoms with van der Waals surface area (Å²) in [5.74, 6) is -0.00492. The molecule has 0 radical (unpaired) electrons. The number of anilines is 1. The molecule has 0 aromatic heterocycles. The lowest BCUT2D eigenvalue weighted by Gasteiger charge is -2.18. The molecule has 0 aliphatic heterocycles. The Balaban J connectivity index is 2.82. The number of aryl methyl sites for hydroxylation is 1. The molecule has 1 aromatic carbocycles. The average molecular weight is 248 g/mol. The molecule has 1 amide bonds. The second-order valence-electron chi connectivity index (χ2n) is 4.55. The van der Waals surface area contributed by atoms with E-state index in [0.29, 0.717) is 12.6 Å². The van der Waals surface area contributed by atoms with Gasteiger partial charge in [0.1, 0.15) is 0 Å². The number of amides is 1. The van der Waals surface area contributed by atoms with Crippen molar-refractivity contribution in [2.75, 3.05) is 11.9 Å². The summed E-state index contributed by atoms with van der Waals surface area (Å²) in [6, 6.07) is 6.32. The molecule has 100 valence electrons. The van der Waals surface area contributed by atoms with Crippen LogP contribution in [-0.2, 0) is 0 Å². The van der Waals surface area contributed by atoms with Gasteiger partial charge in [0, 0.05) is 23.8 Å². The smallest absolute Gasteiger partial charge is 0.251 e. The van der Waals surface area contributed by atoms with Crippen molar-refractivity contribution in [3.05, 3.63) is 29.3 Å². The van der Waals surface area contributed by atoms with Gasteiger partial charge in [-0.2, -0.15) is 0 Å². The van der Waals surface area contributed by atoms with E-state index in [1.807, 2.05) is 32.0 Å². The Morgan fingerprint density at radius 3 is 2.39 bits per heavy atom. The van der Waals surface area contributed by atoms with Crippen LogP contribution in [0.3, 0.4) is 0 Å². The van der Waals surface area contributed by atoms with Crippen molar-refractivity contribution in [1.82, 2.24) is 5.32 Å². The van der Waals surface area contributed by atoms with Gasteiger partial charge in [0.25, 0.3) is 5.91 Å². The molecule has 0 spiro atoms. The van der Waals surface area contributed by atoms with Crippen LogP contribution in [0.25, 0.3) is 0 Å². The number of benzene rings is 1. The van der Waals surface area contributed by atoms with Gasteiger partial charge in [-0.3, -0.25) is 4.79 Å². The standard InChI is InChI=1S/C15H24N2O/c1-5-13(6-2)17-14-9-8-12(10-11(14)4)15(18)16-7-3/h8-10,13,17H,5-7H2,1-4H3,(H,16,18). The highest BCUT2D eigenvalue weighted by molar-refractivity contribution is 5.94. The third kappa shape index (κ3) is 3.76. The lowest BCUT2D eigenvalue weighted by molar-refractivity contribution is 0.0956. The zero-order valence-corrected chi connectivity index (χ0v) is 11.8. The minimum atomic E-state index is -0.00492. The molecule has 2 N–H and O–H groups in total. The fraction of sp³-hybridized carbons (Fsp3) is 0.533. The van der Waals surface area contributed by atoms with Crippen LogP contribution in [0, 0.1) is 6.92 Å². The summed E-state index contributed by atoms with van der Waals surface area (Å²) >= 11 is 0. The highest BCUT2D eigenvalue weighted by atomic mass is 16.1. The predicted molar refractivity (Wildman–Crippen MR) is 77.2 cm³/mol. The second-order valence-corrected chi connectivity index (χ2v) is 4.55. The van der Waals surface area contributed by atoms with Crippen LogP contribution < -0.4 is 10.6 Å². The van der Waals surface area contributed by atoms with Crippen molar-refractivity contribution >= 4 is 11.6 Å². The summed E-state index contributed by atoms with van der Waals surface area (Å²) in [4.78, 5) is 11.7. The van der Waals surface area contributed by atoms with Crippen LogP contribution in [0.1, 0.15) is 49.5 Å². The zero-order chi connectivity index (χ0) is 13.5. The number of carbonyl (C=O) groups is 1. The third-order valence-electron chi connectivity index (χ3n) is 3.17.